The molecule has 5 atom stereocenters. The van der Waals surface area contributed by atoms with Crippen molar-refractivity contribution in [2.45, 2.75) is 62.9 Å². The van der Waals surface area contributed by atoms with Crippen LogP contribution in [0.2, 0.25) is 5.04 Å². The fraction of sp³-hybridized carbons (Fsp3) is 0.455. The summed E-state index contributed by atoms with van der Waals surface area (Å²) < 4.78 is 38.2. The standard InChI is InChI=1S/C33H42O6Si/c1-32(2,3)40(26-17-11-7-12-18-26,27-19-13-8-14-20-27)38-23-33-29(21-28(30(33)34-4)31(35-5)39-33)37-24-36-22-25-15-9-6-10-16-25/h6-20,28-31H,21-24H2,1-5H3/t28-,29?,30+,31?,33+/m1/s1. The maximum Gasteiger partial charge on any atom is 0.261 e. The Morgan fingerprint density at radius 1 is 0.825 bits per heavy atom. The first-order valence-electron chi connectivity index (χ1n) is 14.1. The van der Waals surface area contributed by atoms with Gasteiger partial charge in [-0.05, 0) is 27.4 Å². The molecule has 0 amide bonds. The summed E-state index contributed by atoms with van der Waals surface area (Å²) in [5.41, 5.74) is 0.276. The quantitative estimate of drug-likeness (QED) is 0.178. The van der Waals surface area contributed by atoms with E-state index in [2.05, 4.69) is 81.4 Å². The molecular weight excluding hydrogens is 520 g/mol. The molecule has 214 valence electrons. The van der Waals surface area contributed by atoms with Gasteiger partial charge in [0.15, 0.2) is 6.29 Å². The van der Waals surface area contributed by atoms with Gasteiger partial charge in [0.2, 0.25) is 0 Å². The summed E-state index contributed by atoms with van der Waals surface area (Å²) in [6.07, 6.45) is -0.120. The minimum atomic E-state index is -2.81. The van der Waals surface area contributed by atoms with Crippen LogP contribution in [0.4, 0.5) is 0 Å². The molecule has 0 aromatic heterocycles. The normalized spacial score (nSPS) is 26.3. The third-order valence-electron chi connectivity index (χ3n) is 8.47. The lowest BCUT2D eigenvalue weighted by Gasteiger charge is -2.46. The van der Waals surface area contributed by atoms with Crippen molar-refractivity contribution in [1.82, 2.24) is 0 Å². The molecule has 5 rings (SSSR count). The largest absolute Gasteiger partial charge is 0.404 e. The smallest absolute Gasteiger partial charge is 0.261 e. The van der Waals surface area contributed by atoms with Gasteiger partial charge in [0.1, 0.15) is 12.4 Å². The number of benzene rings is 3. The summed E-state index contributed by atoms with van der Waals surface area (Å²) in [5, 5.41) is 2.28. The van der Waals surface area contributed by atoms with E-state index in [4.69, 9.17) is 28.1 Å². The van der Waals surface area contributed by atoms with Crippen LogP contribution in [0.5, 0.6) is 0 Å². The highest BCUT2D eigenvalue weighted by Gasteiger charge is 2.68. The Hall–Kier alpha value is -2.36. The highest BCUT2D eigenvalue weighted by Crippen LogP contribution is 2.52. The summed E-state index contributed by atoms with van der Waals surface area (Å²) in [5.74, 6) is 0.0388. The van der Waals surface area contributed by atoms with Crippen LogP contribution >= 0.6 is 0 Å². The zero-order valence-corrected chi connectivity index (χ0v) is 25.2. The lowest BCUT2D eigenvalue weighted by atomic mass is 9.98. The second-order valence-corrected chi connectivity index (χ2v) is 16.1. The molecule has 0 spiro atoms. The molecule has 1 aliphatic heterocycles. The summed E-state index contributed by atoms with van der Waals surface area (Å²) in [4.78, 5) is 0. The molecule has 6 nitrogen and oxygen atoms in total. The monoisotopic (exact) mass is 562 g/mol. The molecule has 1 heterocycles. The SMILES string of the molecule is COC1O[C@@]2(CO[Si](c3ccccc3)(c3ccccc3)C(C)(C)C)C(OCOCc3ccccc3)C[C@@H]1[C@@H]2OC. The van der Waals surface area contributed by atoms with Gasteiger partial charge in [-0.2, -0.15) is 0 Å². The second-order valence-electron chi connectivity index (χ2n) is 11.8. The van der Waals surface area contributed by atoms with E-state index in [1.54, 1.807) is 14.2 Å². The molecule has 7 heteroatoms. The maximum atomic E-state index is 7.36. The van der Waals surface area contributed by atoms with Gasteiger partial charge in [-0.1, -0.05) is 112 Å². The molecular formula is C33H42O6Si. The molecule has 2 aliphatic rings. The van der Waals surface area contributed by atoms with Crippen LogP contribution in [-0.2, 0) is 34.7 Å². The Kier molecular flexibility index (Phi) is 8.92. The minimum absolute atomic E-state index is 0.0388. The fourth-order valence-electron chi connectivity index (χ4n) is 6.68. The van der Waals surface area contributed by atoms with Crippen molar-refractivity contribution < 1.29 is 28.1 Å². The van der Waals surface area contributed by atoms with Gasteiger partial charge >= 0.3 is 0 Å². The highest BCUT2D eigenvalue weighted by molar-refractivity contribution is 6.99. The van der Waals surface area contributed by atoms with Crippen LogP contribution in [0.15, 0.2) is 91.0 Å². The van der Waals surface area contributed by atoms with Crippen LogP contribution < -0.4 is 10.4 Å². The lowest BCUT2D eigenvalue weighted by molar-refractivity contribution is -0.257. The Bertz CT molecular complexity index is 1160. The van der Waals surface area contributed by atoms with E-state index in [1.165, 1.54) is 10.4 Å². The van der Waals surface area contributed by atoms with E-state index in [0.717, 1.165) is 12.0 Å². The maximum absolute atomic E-state index is 7.36. The Labute approximate surface area is 239 Å². The van der Waals surface area contributed by atoms with E-state index in [9.17, 15) is 0 Å². The number of methoxy groups -OCH3 is 2. The average Bonchev–Trinajstić information content (AvgIpc) is 3.45. The third-order valence-corrected chi connectivity index (χ3v) is 13.5. The predicted octanol–water partition coefficient (Wildman–Crippen LogP) is 4.90. The number of hydrogen-bond acceptors (Lipinski definition) is 6. The molecule has 40 heavy (non-hydrogen) atoms. The van der Waals surface area contributed by atoms with E-state index in [0.29, 0.717) is 13.2 Å². The van der Waals surface area contributed by atoms with Crippen LogP contribution in [0, 0.1) is 5.92 Å². The van der Waals surface area contributed by atoms with E-state index >= 15 is 0 Å². The minimum Gasteiger partial charge on any atom is -0.404 e. The van der Waals surface area contributed by atoms with Gasteiger partial charge in [0.05, 0.1) is 25.4 Å². The summed E-state index contributed by atoms with van der Waals surface area (Å²) >= 11 is 0. The predicted molar refractivity (Wildman–Crippen MR) is 158 cm³/mol. The zero-order chi connectivity index (χ0) is 28.2. The second kappa shape index (κ2) is 12.2. The molecule has 1 aliphatic carbocycles. The van der Waals surface area contributed by atoms with Crippen molar-refractivity contribution in [3.05, 3.63) is 96.6 Å². The Balaban J connectivity index is 1.45. The molecule has 2 fully saturated rings. The van der Waals surface area contributed by atoms with Crippen LogP contribution in [-0.4, -0.2) is 60.0 Å². The first-order valence-corrected chi connectivity index (χ1v) is 16.0. The number of fused-ring (bicyclic) bond motifs is 2. The average molecular weight is 563 g/mol. The van der Waals surface area contributed by atoms with Crippen LogP contribution in [0.3, 0.4) is 0 Å². The van der Waals surface area contributed by atoms with Gasteiger partial charge in [0, 0.05) is 20.1 Å². The van der Waals surface area contributed by atoms with Crippen molar-refractivity contribution >= 4 is 18.7 Å². The van der Waals surface area contributed by atoms with Gasteiger partial charge in [0.25, 0.3) is 8.32 Å². The summed E-state index contributed by atoms with van der Waals surface area (Å²) in [7, 11) is 0.618. The Morgan fingerprint density at radius 3 is 1.93 bits per heavy atom. The summed E-state index contributed by atoms with van der Waals surface area (Å²) in [6.45, 7) is 7.80. The van der Waals surface area contributed by atoms with Crippen molar-refractivity contribution in [2.75, 3.05) is 27.6 Å². The molecule has 2 bridgehead atoms. The van der Waals surface area contributed by atoms with Crippen LogP contribution in [0.1, 0.15) is 32.8 Å². The number of ether oxygens (including phenoxy) is 5. The zero-order valence-electron chi connectivity index (χ0n) is 24.2. The number of hydrogen-bond donors (Lipinski definition) is 0. The van der Waals surface area contributed by atoms with Gasteiger partial charge in [-0.3, -0.25) is 0 Å². The van der Waals surface area contributed by atoms with Crippen molar-refractivity contribution in [3.63, 3.8) is 0 Å². The van der Waals surface area contributed by atoms with Crippen molar-refractivity contribution in [1.29, 1.82) is 0 Å². The first kappa shape index (κ1) is 29.1. The Morgan fingerprint density at radius 2 is 1.40 bits per heavy atom. The molecule has 1 saturated heterocycles. The fourth-order valence-corrected chi connectivity index (χ4v) is 11.3. The van der Waals surface area contributed by atoms with Crippen molar-refractivity contribution in [2.24, 2.45) is 5.92 Å². The van der Waals surface area contributed by atoms with E-state index < -0.39 is 13.9 Å². The van der Waals surface area contributed by atoms with Gasteiger partial charge in [-0.15, -0.1) is 0 Å². The van der Waals surface area contributed by atoms with Gasteiger partial charge < -0.3 is 28.1 Å². The molecule has 3 aromatic rings. The lowest BCUT2D eigenvalue weighted by Crippen LogP contribution is -2.68. The summed E-state index contributed by atoms with van der Waals surface area (Å²) in [6, 6.07) is 31.4. The first-order chi connectivity index (χ1) is 19.4. The topological polar surface area (TPSA) is 55.4 Å². The molecule has 2 unspecified atom stereocenters. The molecule has 3 aromatic carbocycles. The van der Waals surface area contributed by atoms with Crippen molar-refractivity contribution in [3.8, 4) is 0 Å². The van der Waals surface area contributed by atoms with Crippen LogP contribution in [0.25, 0.3) is 0 Å². The molecule has 1 saturated carbocycles. The number of rotatable bonds is 12. The molecule has 0 N–H and O–H groups in total. The highest BCUT2D eigenvalue weighted by atomic mass is 28.4. The third kappa shape index (κ3) is 5.32. The van der Waals surface area contributed by atoms with E-state index in [1.807, 2.05) is 30.3 Å². The molecule has 0 radical (unpaired) electrons. The van der Waals surface area contributed by atoms with E-state index in [-0.39, 0.29) is 36.2 Å². The van der Waals surface area contributed by atoms with Gasteiger partial charge in [-0.25, -0.2) is 0 Å².